The normalized spacial score (nSPS) is 16.1. The van der Waals surface area contributed by atoms with Crippen molar-refractivity contribution in [3.63, 3.8) is 0 Å². The van der Waals surface area contributed by atoms with Crippen LogP contribution in [0.2, 0.25) is 0 Å². The van der Waals surface area contributed by atoms with Crippen LogP contribution in [0.3, 0.4) is 0 Å². The van der Waals surface area contributed by atoms with Gasteiger partial charge in [0.15, 0.2) is 0 Å². The Morgan fingerprint density at radius 2 is 1.83 bits per heavy atom. The molecule has 0 saturated carbocycles. The van der Waals surface area contributed by atoms with Gasteiger partial charge in [0, 0.05) is 5.56 Å². The minimum Gasteiger partial charge on any atom is -0.496 e. The van der Waals surface area contributed by atoms with Crippen LogP contribution >= 0.6 is 11.8 Å². The Bertz CT molecular complexity index is 817. The van der Waals surface area contributed by atoms with Crippen molar-refractivity contribution in [2.24, 2.45) is 0 Å². The summed E-state index contributed by atoms with van der Waals surface area (Å²) in [5.74, 6) is -0.0907. The third kappa shape index (κ3) is 3.33. The van der Waals surface area contributed by atoms with Crippen LogP contribution in [-0.4, -0.2) is 23.2 Å². The molecule has 0 aliphatic carbocycles. The Kier molecular flexibility index (Phi) is 4.66. The van der Waals surface area contributed by atoms with Crippen LogP contribution < -0.4 is 4.74 Å². The van der Waals surface area contributed by atoms with Gasteiger partial charge in [-0.05, 0) is 41.6 Å². The van der Waals surface area contributed by atoms with Crippen LogP contribution in [0.15, 0.2) is 53.4 Å². The average molecular weight is 343 g/mol. The lowest BCUT2D eigenvalue weighted by molar-refractivity contribution is -0.123. The topological polar surface area (TPSA) is 46.6 Å². The number of rotatable bonds is 4. The summed E-state index contributed by atoms with van der Waals surface area (Å²) in [7, 11) is 1.55. The Hall–Kier alpha value is -2.60. The van der Waals surface area contributed by atoms with Gasteiger partial charge in [-0.25, -0.2) is 4.39 Å². The van der Waals surface area contributed by atoms with Crippen LogP contribution in [0.5, 0.6) is 5.75 Å². The van der Waals surface area contributed by atoms with E-state index in [0.29, 0.717) is 16.2 Å². The van der Waals surface area contributed by atoms with Gasteiger partial charge < -0.3 is 4.74 Å². The van der Waals surface area contributed by atoms with Gasteiger partial charge in [0.05, 0.1) is 18.6 Å². The molecule has 24 heavy (non-hydrogen) atoms. The summed E-state index contributed by atoms with van der Waals surface area (Å²) in [5, 5.41) is -0.342. The van der Waals surface area contributed by atoms with E-state index in [1.807, 2.05) is 18.2 Å². The maximum atomic E-state index is 13.0. The molecule has 0 spiro atoms. The Labute approximate surface area is 142 Å². The predicted molar refractivity (Wildman–Crippen MR) is 90.9 cm³/mol. The molecule has 1 heterocycles. The van der Waals surface area contributed by atoms with Gasteiger partial charge in [-0.3, -0.25) is 14.5 Å². The molecular weight excluding hydrogens is 329 g/mol. The first-order valence-electron chi connectivity index (χ1n) is 7.21. The molecule has 1 saturated heterocycles. The molecule has 1 fully saturated rings. The molecule has 0 unspecified atom stereocenters. The fourth-order valence-corrected chi connectivity index (χ4v) is 3.16. The fraction of sp³-hybridized carbons (Fsp3) is 0.111. The molecule has 4 nitrogen and oxygen atoms in total. The minimum absolute atomic E-state index is 0.119. The molecule has 0 aromatic heterocycles. The van der Waals surface area contributed by atoms with Gasteiger partial charge >= 0.3 is 0 Å². The maximum absolute atomic E-state index is 13.0. The maximum Gasteiger partial charge on any atom is 0.293 e. The third-order valence-electron chi connectivity index (χ3n) is 3.55. The smallest absolute Gasteiger partial charge is 0.293 e. The quantitative estimate of drug-likeness (QED) is 0.785. The molecule has 0 atom stereocenters. The number of methoxy groups -OCH3 is 1. The zero-order valence-corrected chi connectivity index (χ0v) is 13.7. The van der Waals surface area contributed by atoms with Gasteiger partial charge in [-0.15, -0.1) is 0 Å². The first kappa shape index (κ1) is 16.3. The molecule has 2 aromatic rings. The Balaban J connectivity index is 1.83. The zero-order valence-electron chi connectivity index (χ0n) is 12.9. The van der Waals surface area contributed by atoms with Crippen LogP contribution in [0, 0.1) is 5.82 Å². The molecular formula is C18H14FNO3S. The Morgan fingerprint density at radius 1 is 1.12 bits per heavy atom. The average Bonchev–Trinajstić information content (AvgIpc) is 2.85. The van der Waals surface area contributed by atoms with Gasteiger partial charge in [-0.1, -0.05) is 30.3 Å². The van der Waals surface area contributed by atoms with Crippen LogP contribution in [0.4, 0.5) is 9.18 Å². The van der Waals surface area contributed by atoms with Gasteiger partial charge in [0.2, 0.25) is 0 Å². The molecule has 0 radical (unpaired) electrons. The molecule has 2 amide bonds. The van der Waals surface area contributed by atoms with Gasteiger partial charge in [-0.2, -0.15) is 0 Å². The molecule has 122 valence electrons. The van der Waals surface area contributed by atoms with Crippen LogP contribution in [0.1, 0.15) is 11.1 Å². The summed E-state index contributed by atoms with van der Waals surface area (Å²) < 4.78 is 18.2. The van der Waals surface area contributed by atoms with E-state index in [1.165, 1.54) is 12.1 Å². The molecule has 0 N–H and O–H groups in total. The monoisotopic (exact) mass is 343 g/mol. The molecule has 2 aromatic carbocycles. The van der Waals surface area contributed by atoms with Crippen molar-refractivity contribution in [3.8, 4) is 5.75 Å². The van der Waals surface area contributed by atoms with Crippen molar-refractivity contribution < 1.29 is 18.7 Å². The summed E-state index contributed by atoms with van der Waals surface area (Å²) in [4.78, 5) is 26.1. The summed E-state index contributed by atoms with van der Waals surface area (Å²) in [6.45, 7) is 0.119. The number of benzene rings is 2. The Morgan fingerprint density at radius 3 is 2.54 bits per heavy atom. The number of ether oxygens (including phenoxy) is 1. The van der Waals surface area contributed by atoms with Crippen molar-refractivity contribution in [1.29, 1.82) is 0 Å². The highest BCUT2D eigenvalue weighted by Crippen LogP contribution is 2.34. The number of amides is 2. The van der Waals surface area contributed by atoms with Crippen molar-refractivity contribution in [2.75, 3.05) is 7.11 Å². The summed E-state index contributed by atoms with van der Waals surface area (Å²) >= 11 is 0.887. The summed E-state index contributed by atoms with van der Waals surface area (Å²) in [6.07, 6.45) is 1.65. The van der Waals surface area contributed by atoms with E-state index in [2.05, 4.69) is 0 Å². The van der Waals surface area contributed by atoms with Crippen molar-refractivity contribution >= 4 is 29.0 Å². The number of hydrogen-bond acceptors (Lipinski definition) is 4. The van der Waals surface area contributed by atoms with Gasteiger partial charge in [0.25, 0.3) is 11.1 Å². The number of halogens is 1. The fourth-order valence-electron chi connectivity index (χ4n) is 2.34. The third-order valence-corrected chi connectivity index (χ3v) is 4.46. The number of carbonyl (C=O) groups is 2. The lowest BCUT2D eigenvalue weighted by Gasteiger charge is -2.12. The first-order valence-corrected chi connectivity index (χ1v) is 8.03. The highest BCUT2D eigenvalue weighted by atomic mass is 32.2. The number of hydrogen-bond donors (Lipinski definition) is 0. The predicted octanol–water partition coefficient (Wildman–Crippen LogP) is 4.07. The summed E-state index contributed by atoms with van der Waals surface area (Å²) in [5.41, 5.74) is 1.42. The molecule has 1 aliphatic rings. The highest BCUT2D eigenvalue weighted by Gasteiger charge is 2.35. The van der Waals surface area contributed by atoms with E-state index in [0.717, 1.165) is 22.2 Å². The van der Waals surface area contributed by atoms with E-state index < -0.39 is 0 Å². The second-order valence-corrected chi connectivity index (χ2v) is 6.13. The SMILES string of the molecule is COc1ccccc1/C=C1/SC(=O)N(Cc2ccc(F)cc2)C1=O. The lowest BCUT2D eigenvalue weighted by atomic mass is 10.1. The van der Waals surface area contributed by atoms with E-state index in [1.54, 1.807) is 31.4 Å². The number of imide groups is 1. The molecule has 3 rings (SSSR count). The van der Waals surface area contributed by atoms with Crippen molar-refractivity contribution in [3.05, 3.63) is 70.4 Å². The number of nitrogens with zero attached hydrogens (tertiary/aromatic N) is 1. The largest absolute Gasteiger partial charge is 0.496 e. The number of carbonyl (C=O) groups excluding carboxylic acids is 2. The second-order valence-electron chi connectivity index (χ2n) is 5.14. The van der Waals surface area contributed by atoms with Crippen molar-refractivity contribution in [2.45, 2.75) is 6.54 Å². The van der Waals surface area contributed by atoms with E-state index in [-0.39, 0.29) is 23.5 Å². The van der Waals surface area contributed by atoms with Crippen LogP contribution in [-0.2, 0) is 11.3 Å². The first-order chi connectivity index (χ1) is 11.6. The van der Waals surface area contributed by atoms with Crippen molar-refractivity contribution in [1.82, 2.24) is 4.90 Å². The molecule has 1 aliphatic heterocycles. The summed E-state index contributed by atoms with van der Waals surface area (Å²) in [6, 6.07) is 13.0. The number of para-hydroxylation sites is 1. The van der Waals surface area contributed by atoms with Gasteiger partial charge in [0.1, 0.15) is 11.6 Å². The lowest BCUT2D eigenvalue weighted by Crippen LogP contribution is -2.27. The van der Waals surface area contributed by atoms with E-state index in [4.69, 9.17) is 4.74 Å². The van der Waals surface area contributed by atoms with E-state index >= 15 is 0 Å². The molecule has 0 bridgehead atoms. The minimum atomic E-state index is -0.361. The second kappa shape index (κ2) is 6.88. The molecule has 6 heteroatoms. The van der Waals surface area contributed by atoms with Crippen LogP contribution in [0.25, 0.3) is 6.08 Å². The van der Waals surface area contributed by atoms with E-state index in [9.17, 15) is 14.0 Å². The highest BCUT2D eigenvalue weighted by molar-refractivity contribution is 8.18. The standard InChI is InChI=1S/C18H14FNO3S/c1-23-15-5-3-2-4-13(15)10-16-17(21)20(18(22)24-16)11-12-6-8-14(19)9-7-12/h2-10H,11H2,1H3/b16-10+. The zero-order chi connectivity index (χ0) is 17.1. The number of thioether (sulfide) groups is 1.